The highest BCUT2D eigenvalue weighted by Crippen LogP contribution is 1.86. The molecule has 0 aliphatic heterocycles. The molecule has 0 aliphatic carbocycles. The van der Waals surface area contributed by atoms with Gasteiger partial charge in [-0.05, 0) is 0 Å². The molecular formula is C26H52N2O14. The van der Waals surface area contributed by atoms with Crippen LogP contribution in [0.1, 0.15) is 0 Å². The number of hydrogen-bond donors (Lipinski definition) is 3. The summed E-state index contributed by atoms with van der Waals surface area (Å²) in [6.07, 6.45) is 0. The number of rotatable bonds is 36. The zero-order chi connectivity index (χ0) is 30.6. The lowest BCUT2D eigenvalue weighted by molar-refractivity contribution is -0.143. The van der Waals surface area contributed by atoms with E-state index in [9.17, 15) is 9.59 Å². The lowest BCUT2D eigenvalue weighted by Crippen LogP contribution is -2.31. The number of amides is 1. The summed E-state index contributed by atoms with van der Waals surface area (Å²) in [6.45, 7) is 9.52. The van der Waals surface area contributed by atoms with Crippen LogP contribution in [0, 0.1) is 0 Å². The maximum Gasteiger partial charge on any atom is 0.329 e. The van der Waals surface area contributed by atoms with Gasteiger partial charge < -0.3 is 68.3 Å². The van der Waals surface area contributed by atoms with Gasteiger partial charge in [0.1, 0.15) is 13.2 Å². The van der Waals surface area contributed by atoms with Gasteiger partial charge in [-0.15, -0.1) is 0 Å². The fourth-order valence-electron chi connectivity index (χ4n) is 2.71. The average Bonchev–Trinajstić information content (AvgIpc) is 2.97. The third-order valence-corrected chi connectivity index (χ3v) is 4.64. The molecule has 0 rings (SSSR count). The van der Waals surface area contributed by atoms with Crippen molar-refractivity contribution in [2.45, 2.75) is 0 Å². The Morgan fingerprint density at radius 3 is 1.00 bits per heavy atom. The molecule has 0 unspecified atom stereocenters. The summed E-state index contributed by atoms with van der Waals surface area (Å²) in [7, 11) is 0. The molecule has 42 heavy (non-hydrogen) atoms. The summed E-state index contributed by atoms with van der Waals surface area (Å²) in [4.78, 5) is 21.6. The molecule has 0 radical (unpaired) electrons. The Morgan fingerprint density at radius 2 is 0.714 bits per heavy atom. The lowest BCUT2D eigenvalue weighted by Gasteiger charge is -2.09. The van der Waals surface area contributed by atoms with Gasteiger partial charge in [-0.2, -0.15) is 0 Å². The number of carboxylic acid groups (broad SMARTS) is 1. The maximum absolute atomic E-state index is 11.3. The van der Waals surface area contributed by atoms with Crippen molar-refractivity contribution < 1.29 is 66.8 Å². The molecule has 1 amide bonds. The summed E-state index contributed by atoms with van der Waals surface area (Å²) in [5, 5.41) is 11.0. The standard InChI is InChI=1S/C26H52N2O14/c27-1-3-32-5-7-34-9-11-36-13-15-38-17-19-40-21-22-41-20-18-39-16-14-37-12-10-35-8-6-33-4-2-28-25(29)23-42-24-26(30)31/h1-24,27H2,(H,28,29)(H,30,31). The van der Waals surface area contributed by atoms with Crippen molar-refractivity contribution in [3.8, 4) is 0 Å². The van der Waals surface area contributed by atoms with Crippen LogP contribution in [0.5, 0.6) is 0 Å². The van der Waals surface area contributed by atoms with E-state index in [2.05, 4.69) is 10.1 Å². The highest BCUT2D eigenvalue weighted by atomic mass is 16.6. The molecule has 4 N–H and O–H groups in total. The van der Waals surface area contributed by atoms with Gasteiger partial charge in [0.2, 0.25) is 5.91 Å². The van der Waals surface area contributed by atoms with Crippen LogP contribution >= 0.6 is 0 Å². The first-order chi connectivity index (χ1) is 20.7. The minimum atomic E-state index is -1.12. The van der Waals surface area contributed by atoms with Crippen molar-refractivity contribution in [2.75, 3.05) is 158 Å². The van der Waals surface area contributed by atoms with E-state index >= 15 is 0 Å². The second-order valence-electron chi connectivity index (χ2n) is 8.15. The van der Waals surface area contributed by atoms with Gasteiger partial charge in [-0.1, -0.05) is 0 Å². The van der Waals surface area contributed by atoms with Crippen LogP contribution in [0.25, 0.3) is 0 Å². The molecular weight excluding hydrogens is 564 g/mol. The Morgan fingerprint density at radius 1 is 0.429 bits per heavy atom. The van der Waals surface area contributed by atoms with E-state index in [0.29, 0.717) is 145 Å². The molecule has 0 spiro atoms. The molecule has 0 atom stereocenters. The predicted octanol–water partition coefficient (Wildman–Crippen LogP) is -1.67. The third kappa shape index (κ3) is 36.5. The first-order valence-corrected chi connectivity index (χ1v) is 14.2. The Balaban J connectivity index is 3.08. The molecule has 0 aromatic heterocycles. The van der Waals surface area contributed by atoms with E-state index in [-0.39, 0.29) is 6.61 Å². The first-order valence-electron chi connectivity index (χ1n) is 14.2. The fourth-order valence-corrected chi connectivity index (χ4v) is 2.71. The number of hydrogen-bond acceptors (Lipinski definition) is 14. The smallest absolute Gasteiger partial charge is 0.329 e. The molecule has 0 saturated carbocycles. The van der Waals surface area contributed by atoms with Crippen LogP contribution in [0.4, 0.5) is 0 Å². The Hall–Kier alpha value is -1.54. The number of aliphatic carboxylic acids is 1. The zero-order valence-corrected chi connectivity index (χ0v) is 24.8. The van der Waals surface area contributed by atoms with Crippen LogP contribution in [0.15, 0.2) is 0 Å². The molecule has 0 heterocycles. The summed E-state index contributed by atoms with van der Waals surface area (Å²) in [5.41, 5.74) is 5.32. The fraction of sp³-hybridized carbons (Fsp3) is 0.923. The molecule has 0 aromatic rings. The number of carboxylic acids is 1. The molecule has 0 fully saturated rings. The van der Waals surface area contributed by atoms with E-state index in [1.165, 1.54) is 0 Å². The highest BCUT2D eigenvalue weighted by Gasteiger charge is 2.03. The van der Waals surface area contributed by atoms with Gasteiger partial charge in [0, 0.05) is 13.1 Å². The Labute approximate surface area is 248 Å². The largest absolute Gasteiger partial charge is 0.480 e. The highest BCUT2D eigenvalue weighted by molar-refractivity contribution is 5.77. The van der Waals surface area contributed by atoms with Crippen molar-refractivity contribution >= 4 is 11.9 Å². The van der Waals surface area contributed by atoms with Gasteiger partial charge in [0.25, 0.3) is 0 Å². The topological polar surface area (TPSA) is 194 Å². The molecule has 0 aromatic carbocycles. The quantitative estimate of drug-likeness (QED) is 0.0676. The van der Waals surface area contributed by atoms with E-state index in [1.807, 2.05) is 0 Å². The first kappa shape index (κ1) is 40.5. The van der Waals surface area contributed by atoms with Gasteiger partial charge in [-0.25, -0.2) is 4.79 Å². The van der Waals surface area contributed by atoms with Gasteiger partial charge >= 0.3 is 5.97 Å². The monoisotopic (exact) mass is 616 g/mol. The average molecular weight is 617 g/mol. The Kier molecular flexibility index (Phi) is 34.3. The second-order valence-corrected chi connectivity index (χ2v) is 8.15. The number of nitrogens with one attached hydrogen (secondary N) is 1. The minimum Gasteiger partial charge on any atom is -0.480 e. The third-order valence-electron chi connectivity index (χ3n) is 4.64. The van der Waals surface area contributed by atoms with Crippen molar-refractivity contribution in [1.29, 1.82) is 0 Å². The van der Waals surface area contributed by atoms with Gasteiger partial charge in [0.15, 0.2) is 0 Å². The van der Waals surface area contributed by atoms with Crippen LogP contribution in [0.3, 0.4) is 0 Å². The van der Waals surface area contributed by atoms with E-state index in [4.69, 9.17) is 58.2 Å². The van der Waals surface area contributed by atoms with Crippen molar-refractivity contribution in [3.05, 3.63) is 0 Å². The summed E-state index contributed by atoms with van der Waals surface area (Å²) < 4.78 is 58.5. The zero-order valence-electron chi connectivity index (χ0n) is 24.8. The number of ether oxygens (including phenoxy) is 11. The molecule has 0 bridgehead atoms. The van der Waals surface area contributed by atoms with Crippen LogP contribution in [-0.4, -0.2) is 175 Å². The normalized spacial score (nSPS) is 11.3. The Bertz CT molecular complexity index is 577. The van der Waals surface area contributed by atoms with Crippen LogP contribution < -0.4 is 11.1 Å². The van der Waals surface area contributed by atoms with Gasteiger partial charge in [0.05, 0.1) is 132 Å². The molecule has 16 nitrogen and oxygen atoms in total. The van der Waals surface area contributed by atoms with Crippen molar-refractivity contribution in [1.82, 2.24) is 5.32 Å². The number of carbonyl (C=O) groups excluding carboxylic acids is 1. The van der Waals surface area contributed by atoms with E-state index in [1.54, 1.807) is 0 Å². The summed E-state index contributed by atoms with van der Waals surface area (Å²) in [6, 6.07) is 0. The summed E-state index contributed by atoms with van der Waals surface area (Å²) in [5.74, 6) is -1.52. The number of carbonyl (C=O) groups is 2. The minimum absolute atomic E-state index is 0.300. The van der Waals surface area contributed by atoms with E-state index in [0.717, 1.165) is 0 Å². The molecule has 250 valence electrons. The van der Waals surface area contributed by atoms with E-state index < -0.39 is 18.5 Å². The maximum atomic E-state index is 11.3. The molecule has 0 aliphatic rings. The van der Waals surface area contributed by atoms with Crippen molar-refractivity contribution in [2.24, 2.45) is 5.73 Å². The number of nitrogens with two attached hydrogens (primary N) is 1. The molecule has 16 heteroatoms. The second kappa shape index (κ2) is 35.7. The van der Waals surface area contributed by atoms with Crippen molar-refractivity contribution in [3.63, 3.8) is 0 Å². The van der Waals surface area contributed by atoms with Gasteiger partial charge in [-0.3, -0.25) is 4.79 Å². The van der Waals surface area contributed by atoms with Crippen LogP contribution in [0.2, 0.25) is 0 Å². The van der Waals surface area contributed by atoms with Crippen LogP contribution in [-0.2, 0) is 61.7 Å². The predicted molar refractivity (Wildman–Crippen MR) is 149 cm³/mol. The SMILES string of the molecule is NCCOCCOCCOCCOCCOCCOCCOCCOCCOCCOCCNC(=O)COCC(=O)O. The molecule has 0 saturated heterocycles. The lowest BCUT2D eigenvalue weighted by atomic mass is 10.6. The summed E-state index contributed by atoms with van der Waals surface area (Å²) >= 11 is 0.